The molecule has 1 saturated carbocycles. The minimum Gasteiger partial charge on any atom is -0.0804 e. The fourth-order valence-corrected chi connectivity index (χ4v) is 7.45. The molecule has 0 nitrogen and oxygen atoms in total. The smallest absolute Gasteiger partial charge is 0.0162 e. The average Bonchev–Trinajstić information content (AvgIpc) is 3.01. The first-order chi connectivity index (χ1) is 19.8. The maximum atomic E-state index is 2.54. The average molecular weight is 541 g/mol. The molecule has 2 aromatic carbocycles. The van der Waals surface area contributed by atoms with Crippen LogP contribution in [0.15, 0.2) is 54.6 Å². The highest BCUT2D eigenvalue weighted by molar-refractivity contribution is 5.71. The molecule has 0 spiro atoms. The summed E-state index contributed by atoms with van der Waals surface area (Å²) in [5, 5.41) is 0. The monoisotopic (exact) mass is 540 g/mol. The molecule has 2 aliphatic carbocycles. The van der Waals surface area contributed by atoms with Crippen LogP contribution >= 0.6 is 0 Å². The summed E-state index contributed by atoms with van der Waals surface area (Å²) in [5.74, 6) is 2.69. The van der Waals surface area contributed by atoms with Gasteiger partial charge < -0.3 is 0 Å². The Bertz CT molecular complexity index is 954. The number of unbranched alkanes of at least 4 members (excludes halogenated alkanes) is 10. The fourth-order valence-electron chi connectivity index (χ4n) is 7.45. The summed E-state index contributed by atoms with van der Waals surface area (Å²) in [7, 11) is 0. The van der Waals surface area contributed by atoms with Crippen LogP contribution in [0, 0.1) is 11.8 Å². The van der Waals surface area contributed by atoms with Crippen molar-refractivity contribution in [3.8, 4) is 11.1 Å². The molecule has 1 atom stereocenters. The Morgan fingerprint density at radius 1 is 0.500 bits per heavy atom. The first-order valence-electron chi connectivity index (χ1n) is 17.7. The van der Waals surface area contributed by atoms with Crippen LogP contribution in [0.1, 0.15) is 166 Å². The van der Waals surface area contributed by atoms with Crippen molar-refractivity contribution in [2.24, 2.45) is 11.8 Å². The van der Waals surface area contributed by atoms with E-state index in [1.165, 1.54) is 152 Å². The predicted octanol–water partition coefficient (Wildman–Crippen LogP) is 13.3. The lowest BCUT2D eigenvalue weighted by atomic mass is 9.77. The summed E-state index contributed by atoms with van der Waals surface area (Å²) in [6.45, 7) is 4.61. The van der Waals surface area contributed by atoms with Crippen LogP contribution in [0.3, 0.4) is 0 Å². The van der Waals surface area contributed by atoms with Gasteiger partial charge in [0.1, 0.15) is 0 Å². The summed E-state index contributed by atoms with van der Waals surface area (Å²) in [6.07, 6.45) is 32.2. The zero-order valence-corrected chi connectivity index (χ0v) is 26.3. The van der Waals surface area contributed by atoms with E-state index in [-0.39, 0.29) is 0 Å². The fraction of sp³-hybridized carbons (Fsp3) is 0.650. The molecular weight excluding hydrogens is 480 g/mol. The number of hydrogen-bond acceptors (Lipinski definition) is 0. The van der Waals surface area contributed by atoms with Gasteiger partial charge >= 0.3 is 0 Å². The summed E-state index contributed by atoms with van der Waals surface area (Å²) in [6, 6.07) is 19.0. The SMILES string of the molecule is CCCCCCCCCCC1CCC(c2ccc(-c3ccc(C4=CCC(CCCCCC)CC4)cc3)cc2)CC1. The van der Waals surface area contributed by atoms with E-state index >= 15 is 0 Å². The van der Waals surface area contributed by atoms with Crippen molar-refractivity contribution < 1.29 is 0 Å². The standard InChI is InChI=1S/C40H60/c1-3-5-7-9-10-11-12-14-16-34-19-23-36(24-20-34)38-27-31-40(32-28-38)39-29-25-37(26-30-39)35-21-17-33(18-22-35)15-13-8-6-4-2/h21,25-34,36H,3-20,22-24H2,1-2H3. The van der Waals surface area contributed by atoms with Gasteiger partial charge in [-0.25, -0.2) is 0 Å². The van der Waals surface area contributed by atoms with Crippen LogP contribution in [0.5, 0.6) is 0 Å². The Kier molecular flexibility index (Phi) is 13.9. The van der Waals surface area contributed by atoms with Crippen LogP contribution < -0.4 is 0 Å². The molecule has 1 fully saturated rings. The largest absolute Gasteiger partial charge is 0.0804 e. The second kappa shape index (κ2) is 17.9. The van der Waals surface area contributed by atoms with E-state index < -0.39 is 0 Å². The minimum atomic E-state index is 0.778. The summed E-state index contributed by atoms with van der Waals surface area (Å²) >= 11 is 0. The van der Waals surface area contributed by atoms with Crippen LogP contribution in [0.25, 0.3) is 16.7 Å². The molecule has 0 amide bonds. The zero-order chi connectivity index (χ0) is 27.8. The van der Waals surface area contributed by atoms with Crippen LogP contribution in [0.4, 0.5) is 0 Å². The van der Waals surface area contributed by atoms with Gasteiger partial charge in [0.15, 0.2) is 0 Å². The molecule has 0 saturated heterocycles. The van der Waals surface area contributed by atoms with Crippen LogP contribution in [-0.2, 0) is 0 Å². The van der Waals surface area contributed by atoms with E-state index in [1.54, 1.807) is 11.1 Å². The third-order valence-electron chi connectivity index (χ3n) is 10.3. The van der Waals surface area contributed by atoms with Gasteiger partial charge in [-0.1, -0.05) is 158 Å². The molecule has 40 heavy (non-hydrogen) atoms. The quantitative estimate of drug-likeness (QED) is 0.175. The van der Waals surface area contributed by atoms with Gasteiger partial charge in [-0.2, -0.15) is 0 Å². The van der Waals surface area contributed by atoms with E-state index in [2.05, 4.69) is 68.5 Å². The summed E-state index contributed by atoms with van der Waals surface area (Å²) < 4.78 is 0. The molecule has 0 bridgehead atoms. The van der Waals surface area contributed by atoms with Crippen LogP contribution in [-0.4, -0.2) is 0 Å². The van der Waals surface area contributed by atoms with E-state index in [0.29, 0.717) is 0 Å². The van der Waals surface area contributed by atoms with Gasteiger partial charge in [0, 0.05) is 0 Å². The van der Waals surface area contributed by atoms with Crippen molar-refractivity contribution in [1.29, 1.82) is 0 Å². The van der Waals surface area contributed by atoms with Gasteiger partial charge in [-0.3, -0.25) is 0 Å². The number of hydrogen-bond donors (Lipinski definition) is 0. The summed E-state index contributed by atoms with van der Waals surface area (Å²) in [4.78, 5) is 0. The van der Waals surface area contributed by atoms with E-state index in [4.69, 9.17) is 0 Å². The number of rotatable bonds is 17. The molecule has 0 radical (unpaired) electrons. The topological polar surface area (TPSA) is 0 Å². The molecule has 1 unspecified atom stereocenters. The van der Waals surface area contributed by atoms with Gasteiger partial charge in [0.05, 0.1) is 0 Å². The van der Waals surface area contributed by atoms with E-state index in [0.717, 1.165) is 17.8 Å². The Hall–Kier alpha value is -1.82. The van der Waals surface area contributed by atoms with Crippen molar-refractivity contribution >= 4 is 5.57 Å². The van der Waals surface area contributed by atoms with Gasteiger partial charge in [0.2, 0.25) is 0 Å². The maximum absolute atomic E-state index is 2.54. The zero-order valence-electron chi connectivity index (χ0n) is 26.3. The van der Waals surface area contributed by atoms with Crippen molar-refractivity contribution in [2.45, 2.75) is 155 Å². The molecule has 0 N–H and O–H groups in total. The third-order valence-corrected chi connectivity index (χ3v) is 10.3. The molecule has 0 heterocycles. The Morgan fingerprint density at radius 2 is 1.00 bits per heavy atom. The van der Waals surface area contributed by atoms with Crippen LogP contribution in [0.2, 0.25) is 0 Å². The number of allylic oxidation sites excluding steroid dienone is 2. The van der Waals surface area contributed by atoms with Crippen molar-refractivity contribution in [3.05, 3.63) is 65.7 Å². The highest BCUT2D eigenvalue weighted by Crippen LogP contribution is 2.39. The van der Waals surface area contributed by atoms with Crippen molar-refractivity contribution in [3.63, 3.8) is 0 Å². The molecule has 4 rings (SSSR count). The third kappa shape index (κ3) is 10.2. The Labute approximate surface area is 248 Å². The lowest BCUT2D eigenvalue weighted by Gasteiger charge is -2.29. The molecule has 2 aliphatic rings. The number of benzene rings is 2. The normalized spacial score (nSPS) is 21.4. The molecule has 2 aromatic rings. The lowest BCUT2D eigenvalue weighted by Crippen LogP contribution is -2.13. The second-order valence-electron chi connectivity index (χ2n) is 13.4. The van der Waals surface area contributed by atoms with E-state index in [1.807, 2.05) is 0 Å². The van der Waals surface area contributed by atoms with Gasteiger partial charge in [-0.05, 0) is 90.5 Å². The maximum Gasteiger partial charge on any atom is -0.0162 e. The Balaban J connectivity index is 1.16. The minimum absolute atomic E-state index is 0.778. The first kappa shape index (κ1) is 31.1. The molecule has 0 heteroatoms. The molecule has 0 aromatic heterocycles. The lowest BCUT2D eigenvalue weighted by molar-refractivity contribution is 0.302. The summed E-state index contributed by atoms with van der Waals surface area (Å²) in [5.41, 5.74) is 7.30. The van der Waals surface area contributed by atoms with Crippen molar-refractivity contribution in [2.75, 3.05) is 0 Å². The molecule has 220 valence electrons. The Morgan fingerprint density at radius 3 is 1.57 bits per heavy atom. The molecular formula is C40H60. The predicted molar refractivity (Wildman–Crippen MR) is 178 cm³/mol. The van der Waals surface area contributed by atoms with Gasteiger partial charge in [-0.15, -0.1) is 0 Å². The van der Waals surface area contributed by atoms with Gasteiger partial charge in [0.25, 0.3) is 0 Å². The van der Waals surface area contributed by atoms with E-state index in [9.17, 15) is 0 Å². The molecule has 0 aliphatic heterocycles. The highest BCUT2D eigenvalue weighted by atomic mass is 14.3. The highest BCUT2D eigenvalue weighted by Gasteiger charge is 2.22. The van der Waals surface area contributed by atoms with Crippen molar-refractivity contribution in [1.82, 2.24) is 0 Å². The first-order valence-corrected chi connectivity index (χ1v) is 17.7. The second-order valence-corrected chi connectivity index (χ2v) is 13.4.